The van der Waals surface area contributed by atoms with Gasteiger partial charge in [-0.3, -0.25) is 4.79 Å². The van der Waals surface area contributed by atoms with Crippen molar-refractivity contribution >= 4 is 5.91 Å². The average Bonchev–Trinajstić information content (AvgIpc) is 3.38. The maximum atomic E-state index is 15.0. The van der Waals surface area contributed by atoms with E-state index in [1.54, 1.807) is 24.5 Å². The third kappa shape index (κ3) is 3.93. The number of benzene rings is 2. The van der Waals surface area contributed by atoms with Gasteiger partial charge in [-0.15, -0.1) is 10.2 Å². The first-order chi connectivity index (χ1) is 15.1. The van der Waals surface area contributed by atoms with Gasteiger partial charge in [-0.1, -0.05) is 18.2 Å². The molecule has 31 heavy (non-hydrogen) atoms. The maximum Gasteiger partial charge on any atom is 0.225 e. The Balaban J connectivity index is 1.33. The molecule has 1 aliphatic carbocycles. The summed E-state index contributed by atoms with van der Waals surface area (Å²) in [4.78, 5) is 14.3. The van der Waals surface area contributed by atoms with Crippen molar-refractivity contribution in [1.82, 2.24) is 19.7 Å². The molecule has 3 aromatic rings. The number of hydrogen-bond acceptors (Lipinski definition) is 4. The van der Waals surface area contributed by atoms with Gasteiger partial charge in [0.2, 0.25) is 5.91 Å². The van der Waals surface area contributed by atoms with Crippen LogP contribution in [-0.2, 0) is 11.3 Å². The number of halogens is 1. The zero-order valence-electron chi connectivity index (χ0n) is 17.0. The molecule has 0 bridgehead atoms. The molecule has 1 amide bonds. The topological polar surface area (TPSA) is 74.8 Å². The third-order valence-corrected chi connectivity index (χ3v) is 6.15. The molecule has 156 valence electrons. The third-order valence-electron chi connectivity index (χ3n) is 6.15. The minimum atomic E-state index is -0.368. The Kier molecular flexibility index (Phi) is 4.99. The number of amides is 1. The molecule has 1 atom stereocenters. The molecular weight excluding hydrogens is 393 g/mol. The molecule has 2 fully saturated rings. The fourth-order valence-electron chi connectivity index (χ4n) is 4.26. The van der Waals surface area contributed by atoms with E-state index < -0.39 is 0 Å². The SMILES string of the molecule is N#Cc1ccc(-c2ccc(-c3nncn3CC3CCN(C(=O)C4CC4)C3)c(F)c2)cc1. The standard InChI is InChI=1S/C24H22FN5O/c25-22-11-20(18-3-1-16(12-26)2-4-18)7-8-21(22)23-28-27-15-30(23)14-17-9-10-29(13-17)24(31)19-5-6-19/h1-4,7-8,11,15,17,19H,5-6,9-10,13-14H2. The second kappa shape index (κ2) is 7.95. The van der Waals surface area contributed by atoms with Crippen molar-refractivity contribution < 1.29 is 9.18 Å². The molecule has 2 aliphatic rings. The maximum absolute atomic E-state index is 15.0. The highest BCUT2D eigenvalue weighted by Gasteiger charge is 2.36. The largest absolute Gasteiger partial charge is 0.342 e. The van der Waals surface area contributed by atoms with Crippen LogP contribution in [0.1, 0.15) is 24.8 Å². The van der Waals surface area contributed by atoms with Gasteiger partial charge in [0.1, 0.15) is 12.1 Å². The molecule has 0 radical (unpaired) electrons. The normalized spacial score (nSPS) is 18.2. The molecule has 7 heteroatoms. The van der Waals surface area contributed by atoms with Gasteiger partial charge < -0.3 is 9.47 Å². The van der Waals surface area contributed by atoms with Crippen molar-refractivity contribution in [3.8, 4) is 28.6 Å². The van der Waals surface area contributed by atoms with Gasteiger partial charge in [0.05, 0.1) is 17.2 Å². The number of likely N-dealkylation sites (tertiary alicyclic amines) is 1. The zero-order chi connectivity index (χ0) is 21.4. The lowest BCUT2D eigenvalue weighted by molar-refractivity contribution is -0.131. The lowest BCUT2D eigenvalue weighted by Gasteiger charge is -2.17. The van der Waals surface area contributed by atoms with Crippen LogP contribution in [0.4, 0.5) is 4.39 Å². The van der Waals surface area contributed by atoms with Gasteiger partial charge in [-0.2, -0.15) is 5.26 Å². The Morgan fingerprint density at radius 2 is 1.90 bits per heavy atom. The lowest BCUT2D eigenvalue weighted by atomic mass is 10.0. The summed E-state index contributed by atoms with van der Waals surface area (Å²) in [6.07, 6.45) is 4.62. The Morgan fingerprint density at radius 3 is 2.61 bits per heavy atom. The monoisotopic (exact) mass is 415 g/mol. The molecule has 1 unspecified atom stereocenters. The van der Waals surface area contributed by atoms with Crippen molar-refractivity contribution in [2.75, 3.05) is 13.1 Å². The summed E-state index contributed by atoms with van der Waals surface area (Å²) in [7, 11) is 0. The summed E-state index contributed by atoms with van der Waals surface area (Å²) < 4.78 is 16.9. The summed E-state index contributed by atoms with van der Waals surface area (Å²) in [5.74, 6) is 0.978. The Hall–Kier alpha value is -3.53. The molecule has 0 spiro atoms. The van der Waals surface area contributed by atoms with E-state index in [9.17, 15) is 4.79 Å². The van der Waals surface area contributed by atoms with Crippen molar-refractivity contribution in [1.29, 1.82) is 5.26 Å². The second-order valence-electron chi connectivity index (χ2n) is 8.40. The van der Waals surface area contributed by atoms with E-state index in [0.717, 1.165) is 43.5 Å². The summed E-state index contributed by atoms with van der Waals surface area (Å²) in [6.45, 7) is 2.20. The highest BCUT2D eigenvalue weighted by atomic mass is 19.1. The number of rotatable bonds is 5. The van der Waals surface area contributed by atoms with Crippen LogP contribution in [0.2, 0.25) is 0 Å². The number of carbonyl (C=O) groups excluding carboxylic acids is 1. The van der Waals surface area contributed by atoms with E-state index in [0.29, 0.717) is 29.4 Å². The molecule has 1 saturated heterocycles. The molecular formula is C24H22FN5O. The first-order valence-electron chi connectivity index (χ1n) is 10.6. The van der Waals surface area contributed by atoms with E-state index in [1.807, 2.05) is 27.7 Å². The van der Waals surface area contributed by atoms with Crippen molar-refractivity contribution in [3.05, 3.63) is 60.2 Å². The van der Waals surface area contributed by atoms with E-state index in [4.69, 9.17) is 5.26 Å². The van der Waals surface area contributed by atoms with Gasteiger partial charge in [0.25, 0.3) is 0 Å². The molecule has 5 rings (SSSR count). The van der Waals surface area contributed by atoms with Crippen LogP contribution in [0.25, 0.3) is 22.5 Å². The van der Waals surface area contributed by atoms with Crippen LogP contribution in [0, 0.1) is 29.0 Å². The fraction of sp³-hybridized carbons (Fsp3) is 0.333. The second-order valence-corrected chi connectivity index (χ2v) is 8.40. The zero-order valence-corrected chi connectivity index (χ0v) is 17.0. The molecule has 1 aliphatic heterocycles. The van der Waals surface area contributed by atoms with Crippen molar-refractivity contribution in [2.45, 2.75) is 25.8 Å². The lowest BCUT2D eigenvalue weighted by Crippen LogP contribution is -2.30. The summed E-state index contributed by atoms with van der Waals surface area (Å²) >= 11 is 0. The summed E-state index contributed by atoms with van der Waals surface area (Å²) in [5, 5.41) is 17.1. The summed E-state index contributed by atoms with van der Waals surface area (Å²) in [6, 6.07) is 14.2. The summed E-state index contributed by atoms with van der Waals surface area (Å²) in [5.41, 5.74) is 2.55. The predicted octanol–water partition coefficient (Wildman–Crippen LogP) is 3.88. The van der Waals surface area contributed by atoms with E-state index in [-0.39, 0.29) is 17.6 Å². The van der Waals surface area contributed by atoms with Gasteiger partial charge in [0, 0.05) is 25.6 Å². The van der Waals surface area contributed by atoms with E-state index >= 15 is 4.39 Å². The van der Waals surface area contributed by atoms with Crippen molar-refractivity contribution in [2.24, 2.45) is 11.8 Å². The van der Waals surface area contributed by atoms with Crippen LogP contribution in [0.3, 0.4) is 0 Å². The highest BCUT2D eigenvalue weighted by Crippen LogP contribution is 2.33. The smallest absolute Gasteiger partial charge is 0.225 e. The number of nitrogens with zero attached hydrogens (tertiary/aromatic N) is 5. The minimum Gasteiger partial charge on any atom is -0.342 e. The predicted molar refractivity (Wildman–Crippen MR) is 113 cm³/mol. The van der Waals surface area contributed by atoms with Gasteiger partial charge in [0.15, 0.2) is 5.82 Å². The number of nitriles is 1. The average molecular weight is 415 g/mol. The Morgan fingerprint density at radius 1 is 1.13 bits per heavy atom. The van der Waals surface area contributed by atoms with E-state index in [1.165, 1.54) is 6.07 Å². The molecule has 2 heterocycles. The van der Waals surface area contributed by atoms with E-state index in [2.05, 4.69) is 16.3 Å². The van der Waals surface area contributed by atoms with Crippen LogP contribution < -0.4 is 0 Å². The van der Waals surface area contributed by atoms with Crippen LogP contribution in [-0.4, -0.2) is 38.7 Å². The number of carbonyl (C=O) groups is 1. The first kappa shape index (κ1) is 19.4. The molecule has 1 aromatic heterocycles. The van der Waals surface area contributed by atoms with Crippen molar-refractivity contribution in [3.63, 3.8) is 0 Å². The number of hydrogen-bond donors (Lipinski definition) is 0. The quantitative estimate of drug-likeness (QED) is 0.634. The Labute approximate surface area is 179 Å². The molecule has 0 N–H and O–H groups in total. The highest BCUT2D eigenvalue weighted by molar-refractivity contribution is 5.81. The van der Waals surface area contributed by atoms with Gasteiger partial charge >= 0.3 is 0 Å². The fourth-order valence-corrected chi connectivity index (χ4v) is 4.26. The van der Waals surface area contributed by atoms with Crippen LogP contribution in [0.5, 0.6) is 0 Å². The molecule has 6 nitrogen and oxygen atoms in total. The van der Waals surface area contributed by atoms with Gasteiger partial charge in [-0.25, -0.2) is 4.39 Å². The van der Waals surface area contributed by atoms with Gasteiger partial charge in [-0.05, 0) is 60.6 Å². The molecule has 2 aromatic carbocycles. The Bertz CT molecular complexity index is 1160. The number of aromatic nitrogens is 3. The minimum absolute atomic E-state index is 0.243. The van der Waals surface area contributed by atoms with Crippen LogP contribution in [0.15, 0.2) is 48.8 Å². The van der Waals surface area contributed by atoms with Crippen LogP contribution >= 0.6 is 0 Å². The molecule has 1 saturated carbocycles. The first-order valence-corrected chi connectivity index (χ1v) is 10.6.